The molecule has 6 heteroatoms. The van der Waals surface area contributed by atoms with Crippen molar-refractivity contribution in [3.05, 3.63) is 22.3 Å². The van der Waals surface area contributed by atoms with Gasteiger partial charge in [-0.3, -0.25) is 0 Å². The topological polar surface area (TPSA) is 35.5 Å². The Morgan fingerprint density at radius 1 is 0.886 bits per heavy atom. The van der Waals surface area contributed by atoms with E-state index in [-0.39, 0.29) is 5.60 Å². The van der Waals surface area contributed by atoms with Gasteiger partial charge in [-0.25, -0.2) is 4.57 Å². The molecule has 1 aliphatic heterocycles. The fourth-order valence-corrected chi connectivity index (χ4v) is 6.40. The van der Waals surface area contributed by atoms with Gasteiger partial charge in [-0.15, -0.1) is 0 Å². The Morgan fingerprint density at radius 2 is 1.43 bits per heavy atom. The average Bonchev–Trinajstić information content (AvgIpc) is 2.74. The summed E-state index contributed by atoms with van der Waals surface area (Å²) in [5.41, 5.74) is 3.80. The quantitative estimate of drug-likeness (QED) is 0.217. The van der Waals surface area contributed by atoms with Gasteiger partial charge in [-0.1, -0.05) is 72.6 Å². The van der Waals surface area contributed by atoms with Crippen LogP contribution in [-0.4, -0.2) is 5.60 Å². The van der Waals surface area contributed by atoms with Crippen molar-refractivity contribution in [2.24, 2.45) is 17.8 Å². The minimum atomic E-state index is -3.67. The van der Waals surface area contributed by atoms with E-state index in [1.54, 1.807) is 0 Å². The van der Waals surface area contributed by atoms with E-state index in [9.17, 15) is 4.57 Å². The van der Waals surface area contributed by atoms with Gasteiger partial charge >= 0.3 is 6.07 Å². The number of benzene rings is 1. The van der Waals surface area contributed by atoms with Gasteiger partial charge in [-0.05, 0) is 87.8 Å². The number of hydrogen-bond donors (Lipinski definition) is 0. The lowest BCUT2D eigenvalue weighted by Crippen LogP contribution is -2.37. The summed E-state index contributed by atoms with van der Waals surface area (Å²) in [6.45, 7) is 17.7. The molecule has 2 rings (SSSR count). The molecule has 202 valence electrons. The largest absolute Gasteiger partial charge is 0.487 e. The molecule has 1 aromatic carbocycles. The van der Waals surface area contributed by atoms with Crippen LogP contribution >= 0.6 is 28.6 Å². The zero-order valence-electron chi connectivity index (χ0n) is 23.4. The molecule has 0 aromatic heterocycles. The summed E-state index contributed by atoms with van der Waals surface area (Å²) >= 11 is 11.4. The summed E-state index contributed by atoms with van der Waals surface area (Å²) in [6.07, 6.45) is 9.90. The van der Waals surface area contributed by atoms with Crippen LogP contribution in [0.15, 0.2) is 0 Å². The number of rotatable bonds is 14. The smallest absolute Gasteiger partial charge is 0.428 e. The van der Waals surface area contributed by atoms with Crippen LogP contribution in [0.3, 0.4) is 0 Å². The SMILES string of the molecule is Cc1c(C)c2c(c(C)c1OP(=O)(Cl)Cl)CCC(C)(CCCC(C)CCCC(C)CCCC(C)C)O2. The first kappa shape index (κ1) is 30.9. The van der Waals surface area contributed by atoms with Crippen molar-refractivity contribution >= 4 is 28.6 Å². The molecule has 0 bridgehead atoms. The standard InChI is InChI=1S/C29H49Cl2O3P/c1-20(2)12-9-13-21(3)14-10-15-22(4)16-11-18-29(8)19-17-26-25(7)27(34-35(30,31)32)23(5)24(6)28(26)33-29/h20-22H,9-19H2,1-8H3. The van der Waals surface area contributed by atoms with Crippen molar-refractivity contribution in [1.29, 1.82) is 0 Å². The van der Waals surface area contributed by atoms with Gasteiger partial charge in [0, 0.05) is 28.0 Å². The van der Waals surface area contributed by atoms with E-state index in [2.05, 4.69) is 34.6 Å². The van der Waals surface area contributed by atoms with Crippen molar-refractivity contribution < 1.29 is 13.8 Å². The van der Waals surface area contributed by atoms with Crippen LogP contribution in [0.2, 0.25) is 0 Å². The van der Waals surface area contributed by atoms with Gasteiger partial charge in [0.05, 0.1) is 0 Å². The van der Waals surface area contributed by atoms with Gasteiger partial charge in [0.2, 0.25) is 0 Å². The molecule has 0 spiro atoms. The van der Waals surface area contributed by atoms with E-state index in [1.807, 2.05) is 20.8 Å². The fourth-order valence-electron chi connectivity index (χ4n) is 5.50. The van der Waals surface area contributed by atoms with Gasteiger partial charge in [0.15, 0.2) is 0 Å². The lowest BCUT2D eigenvalue weighted by Gasteiger charge is -2.38. The van der Waals surface area contributed by atoms with Gasteiger partial charge in [-0.2, -0.15) is 0 Å². The molecule has 0 fully saturated rings. The monoisotopic (exact) mass is 546 g/mol. The van der Waals surface area contributed by atoms with E-state index >= 15 is 0 Å². The second-order valence-corrected chi connectivity index (χ2v) is 16.1. The molecule has 0 aliphatic carbocycles. The van der Waals surface area contributed by atoms with Crippen molar-refractivity contribution in [3.8, 4) is 11.5 Å². The van der Waals surface area contributed by atoms with Crippen molar-refractivity contribution in [2.45, 2.75) is 132 Å². The van der Waals surface area contributed by atoms with Crippen LogP contribution in [0.4, 0.5) is 0 Å². The Kier molecular flexibility index (Phi) is 11.8. The summed E-state index contributed by atoms with van der Waals surface area (Å²) < 4.78 is 24.0. The second-order valence-electron chi connectivity index (χ2n) is 11.9. The normalized spacial score (nSPS) is 19.9. The van der Waals surface area contributed by atoms with Crippen LogP contribution in [0.5, 0.6) is 11.5 Å². The maximum Gasteiger partial charge on any atom is 0.428 e. The van der Waals surface area contributed by atoms with Crippen molar-refractivity contribution in [2.75, 3.05) is 0 Å². The molecule has 0 saturated heterocycles. The van der Waals surface area contributed by atoms with E-state index in [1.165, 1.54) is 51.4 Å². The summed E-state index contributed by atoms with van der Waals surface area (Å²) in [5.74, 6) is 3.95. The Balaban J connectivity index is 1.85. The Morgan fingerprint density at radius 3 is 1.97 bits per heavy atom. The molecule has 0 amide bonds. The van der Waals surface area contributed by atoms with E-state index in [0.29, 0.717) is 5.75 Å². The number of halogens is 2. The highest BCUT2D eigenvalue weighted by molar-refractivity contribution is 8.05. The van der Waals surface area contributed by atoms with E-state index in [0.717, 1.165) is 65.0 Å². The van der Waals surface area contributed by atoms with Crippen molar-refractivity contribution in [1.82, 2.24) is 0 Å². The first-order valence-corrected chi connectivity index (χ1v) is 17.2. The van der Waals surface area contributed by atoms with Crippen molar-refractivity contribution in [3.63, 3.8) is 0 Å². The minimum Gasteiger partial charge on any atom is -0.487 e. The highest BCUT2D eigenvalue weighted by atomic mass is 35.9. The van der Waals surface area contributed by atoms with Crippen LogP contribution in [0.1, 0.15) is 121 Å². The molecule has 1 aromatic rings. The molecule has 1 aliphatic rings. The molecule has 1 heterocycles. The molecule has 0 N–H and O–H groups in total. The first-order chi connectivity index (χ1) is 16.2. The summed E-state index contributed by atoms with van der Waals surface area (Å²) in [4.78, 5) is 0. The first-order valence-electron chi connectivity index (χ1n) is 13.7. The second kappa shape index (κ2) is 13.4. The van der Waals surface area contributed by atoms with Crippen LogP contribution in [0, 0.1) is 38.5 Å². The zero-order chi connectivity index (χ0) is 26.4. The molecular weight excluding hydrogens is 498 g/mol. The van der Waals surface area contributed by atoms with Gasteiger partial charge in [0.1, 0.15) is 17.1 Å². The molecule has 35 heavy (non-hydrogen) atoms. The molecule has 0 radical (unpaired) electrons. The summed E-state index contributed by atoms with van der Waals surface area (Å²) in [6, 6.07) is 0. The van der Waals surface area contributed by atoms with Crippen LogP contribution < -0.4 is 9.26 Å². The fraction of sp³-hybridized carbons (Fsp3) is 0.793. The summed E-state index contributed by atoms with van der Waals surface area (Å²) in [7, 11) is 0. The summed E-state index contributed by atoms with van der Waals surface area (Å²) in [5, 5.41) is 0. The predicted molar refractivity (Wildman–Crippen MR) is 153 cm³/mol. The highest BCUT2D eigenvalue weighted by Gasteiger charge is 2.35. The van der Waals surface area contributed by atoms with Crippen LogP contribution in [0.25, 0.3) is 0 Å². The van der Waals surface area contributed by atoms with Gasteiger partial charge in [0.25, 0.3) is 0 Å². The lowest BCUT2D eigenvalue weighted by atomic mass is 9.84. The Hall–Kier alpha value is -0.370. The zero-order valence-corrected chi connectivity index (χ0v) is 25.8. The average molecular weight is 548 g/mol. The maximum atomic E-state index is 11.9. The predicted octanol–water partition coefficient (Wildman–Crippen LogP) is 11.1. The molecule has 3 nitrogen and oxygen atoms in total. The molecule has 3 atom stereocenters. The third-order valence-corrected chi connectivity index (χ3v) is 8.84. The Bertz CT molecular complexity index is 879. The number of fused-ring (bicyclic) bond motifs is 1. The number of ether oxygens (including phenoxy) is 1. The highest BCUT2D eigenvalue weighted by Crippen LogP contribution is 2.59. The molecular formula is C29H49Cl2O3P. The van der Waals surface area contributed by atoms with Gasteiger partial charge < -0.3 is 9.26 Å². The Labute approximate surface area is 225 Å². The third-order valence-electron chi connectivity index (χ3n) is 8.04. The maximum absolute atomic E-state index is 11.9. The molecule has 0 saturated carbocycles. The van der Waals surface area contributed by atoms with E-state index < -0.39 is 6.07 Å². The number of hydrogen-bond acceptors (Lipinski definition) is 3. The van der Waals surface area contributed by atoms with Crippen LogP contribution in [-0.2, 0) is 11.0 Å². The third kappa shape index (κ3) is 9.79. The minimum absolute atomic E-state index is 0.155. The lowest BCUT2D eigenvalue weighted by molar-refractivity contribution is 0.0512. The van der Waals surface area contributed by atoms with E-state index in [4.69, 9.17) is 31.7 Å². The molecule has 3 unspecified atom stereocenters.